The molecule has 4 heterocycles. The number of carboxylic acid groups (broad SMARTS) is 1. The third-order valence-electron chi connectivity index (χ3n) is 8.75. The minimum atomic E-state index is -0.989. The number of ether oxygens (including phenoxy) is 2. The molecule has 1 unspecified atom stereocenters. The van der Waals surface area contributed by atoms with Crippen molar-refractivity contribution in [2.45, 2.75) is 57.3 Å². The summed E-state index contributed by atoms with van der Waals surface area (Å²) < 4.78 is 11.3. The lowest BCUT2D eigenvalue weighted by atomic mass is 9.98. The van der Waals surface area contributed by atoms with Crippen molar-refractivity contribution in [2.75, 3.05) is 32.8 Å². The fourth-order valence-electron chi connectivity index (χ4n) is 6.37. The highest BCUT2D eigenvalue weighted by Gasteiger charge is 2.45. The van der Waals surface area contributed by atoms with Gasteiger partial charge in [-0.05, 0) is 74.6 Å². The highest BCUT2D eigenvalue weighted by molar-refractivity contribution is 6.30. The number of aromatic nitrogens is 2. The number of carboxylic acids is 1. The Labute approximate surface area is 256 Å². The predicted molar refractivity (Wildman–Crippen MR) is 161 cm³/mol. The Morgan fingerprint density at radius 1 is 1.07 bits per heavy atom. The van der Waals surface area contributed by atoms with Crippen molar-refractivity contribution < 1.29 is 24.2 Å². The molecule has 1 N–H and O–H groups in total. The van der Waals surface area contributed by atoms with E-state index in [1.165, 1.54) is 12.1 Å². The maximum absolute atomic E-state index is 13.9. The zero-order valence-electron chi connectivity index (χ0n) is 24.2. The largest absolute Gasteiger partial charge is 0.478 e. The fraction of sp³-hybridized carbons (Fsp3) is 0.438. The standard InChI is InChI=1S/C32H36ClN5O5/c1-21-24(18-34-31(35-21)43-28-7-5-22(6-8-28)30(39)40)19-36-13-9-27(10-14-36)38-29(23-3-2-4-25(33)17-23)20-37(32(38)41)26-11-15-42-16-12-26/h2-8,17-18,26-27,29H,9-16,19-20H2,1H3,(H,39,40). The van der Waals surface area contributed by atoms with E-state index in [-0.39, 0.29) is 35.7 Å². The first-order valence-electron chi connectivity index (χ1n) is 14.8. The van der Waals surface area contributed by atoms with E-state index in [0.717, 1.165) is 55.6 Å². The number of hydrogen-bond acceptors (Lipinski definition) is 7. The Bertz CT molecular complexity index is 1460. The molecular weight excluding hydrogens is 570 g/mol. The van der Waals surface area contributed by atoms with Gasteiger partial charge in [0.2, 0.25) is 0 Å². The van der Waals surface area contributed by atoms with Crippen LogP contribution in [0.2, 0.25) is 5.02 Å². The molecule has 3 aliphatic heterocycles. The van der Waals surface area contributed by atoms with E-state index in [4.69, 9.17) is 26.2 Å². The zero-order valence-corrected chi connectivity index (χ0v) is 24.9. The summed E-state index contributed by atoms with van der Waals surface area (Å²) in [5.74, 6) is -0.515. The molecule has 2 aromatic carbocycles. The number of carbonyl (C=O) groups is 2. The molecule has 0 saturated carbocycles. The van der Waals surface area contributed by atoms with Crippen LogP contribution in [0.15, 0.2) is 54.7 Å². The summed E-state index contributed by atoms with van der Waals surface area (Å²) in [4.78, 5) is 40.5. The monoisotopic (exact) mass is 605 g/mol. The maximum Gasteiger partial charge on any atom is 0.335 e. The van der Waals surface area contributed by atoms with Crippen LogP contribution in [-0.4, -0.2) is 86.7 Å². The highest BCUT2D eigenvalue weighted by Crippen LogP contribution is 2.38. The molecule has 3 saturated heterocycles. The number of nitrogens with zero attached hydrogens (tertiary/aromatic N) is 5. The minimum absolute atomic E-state index is 0.0193. The van der Waals surface area contributed by atoms with Crippen LogP contribution in [0, 0.1) is 6.92 Å². The van der Waals surface area contributed by atoms with E-state index < -0.39 is 5.97 Å². The number of aromatic carboxylic acids is 1. The van der Waals surface area contributed by atoms with E-state index in [0.29, 0.717) is 37.1 Å². The quantitative estimate of drug-likeness (QED) is 0.356. The van der Waals surface area contributed by atoms with E-state index >= 15 is 0 Å². The summed E-state index contributed by atoms with van der Waals surface area (Å²) in [5.41, 5.74) is 3.13. The Morgan fingerprint density at radius 3 is 2.49 bits per heavy atom. The molecule has 2 amide bonds. The second-order valence-corrected chi connectivity index (χ2v) is 11.9. The summed E-state index contributed by atoms with van der Waals surface area (Å²) in [6.07, 6.45) is 5.32. The summed E-state index contributed by atoms with van der Waals surface area (Å²) in [5, 5.41) is 9.77. The van der Waals surface area contributed by atoms with Gasteiger partial charge >= 0.3 is 18.0 Å². The molecule has 1 atom stereocenters. The van der Waals surface area contributed by atoms with Crippen LogP contribution in [0.5, 0.6) is 11.8 Å². The van der Waals surface area contributed by atoms with Gasteiger partial charge in [0.15, 0.2) is 0 Å². The van der Waals surface area contributed by atoms with E-state index in [1.807, 2.05) is 25.1 Å². The average molecular weight is 606 g/mol. The first kappa shape index (κ1) is 29.3. The fourth-order valence-corrected chi connectivity index (χ4v) is 6.57. The molecule has 6 rings (SSSR count). The van der Waals surface area contributed by atoms with Gasteiger partial charge in [-0.15, -0.1) is 0 Å². The van der Waals surface area contributed by atoms with Gasteiger partial charge in [-0.3, -0.25) is 4.90 Å². The minimum Gasteiger partial charge on any atom is -0.478 e. The molecule has 0 spiro atoms. The van der Waals surface area contributed by atoms with Crippen LogP contribution < -0.4 is 4.74 Å². The van der Waals surface area contributed by atoms with E-state index in [1.54, 1.807) is 18.3 Å². The van der Waals surface area contributed by atoms with Gasteiger partial charge in [0.05, 0.1) is 11.6 Å². The molecule has 3 aromatic rings. The van der Waals surface area contributed by atoms with Crippen molar-refractivity contribution in [3.05, 3.63) is 82.1 Å². The number of amides is 2. The number of aryl methyl sites for hydroxylation is 1. The molecule has 3 aliphatic rings. The third kappa shape index (κ3) is 6.61. The lowest BCUT2D eigenvalue weighted by molar-refractivity contribution is 0.0493. The van der Waals surface area contributed by atoms with Crippen LogP contribution in [0.3, 0.4) is 0 Å². The average Bonchev–Trinajstić information content (AvgIpc) is 3.36. The topological polar surface area (TPSA) is 108 Å². The van der Waals surface area contributed by atoms with E-state index in [2.05, 4.69) is 30.7 Å². The Hall–Kier alpha value is -3.73. The van der Waals surface area contributed by atoms with Crippen LogP contribution in [0.4, 0.5) is 4.79 Å². The van der Waals surface area contributed by atoms with Gasteiger partial charge in [0.25, 0.3) is 0 Å². The van der Waals surface area contributed by atoms with Gasteiger partial charge < -0.3 is 24.4 Å². The number of urea groups is 1. The number of carbonyl (C=O) groups excluding carboxylic acids is 1. The maximum atomic E-state index is 13.9. The lowest BCUT2D eigenvalue weighted by Gasteiger charge is -2.39. The number of likely N-dealkylation sites (tertiary alicyclic amines) is 1. The first-order valence-corrected chi connectivity index (χ1v) is 15.2. The second kappa shape index (κ2) is 12.9. The van der Waals surface area contributed by atoms with Gasteiger partial charge in [0, 0.05) is 74.0 Å². The highest BCUT2D eigenvalue weighted by atomic mass is 35.5. The number of rotatable bonds is 8. The van der Waals surface area contributed by atoms with Crippen LogP contribution in [0.25, 0.3) is 0 Å². The normalized spacial score (nSPS) is 20.5. The van der Waals surface area contributed by atoms with Crippen molar-refractivity contribution >= 4 is 23.6 Å². The van der Waals surface area contributed by atoms with Gasteiger partial charge in [-0.25, -0.2) is 14.6 Å². The second-order valence-electron chi connectivity index (χ2n) is 11.5. The summed E-state index contributed by atoms with van der Waals surface area (Å²) >= 11 is 6.38. The Morgan fingerprint density at radius 2 is 1.81 bits per heavy atom. The molecule has 3 fully saturated rings. The van der Waals surface area contributed by atoms with Gasteiger partial charge in [0.1, 0.15) is 5.75 Å². The van der Waals surface area contributed by atoms with Crippen molar-refractivity contribution in [3.8, 4) is 11.8 Å². The van der Waals surface area contributed by atoms with Crippen LogP contribution >= 0.6 is 11.6 Å². The molecule has 0 aliphatic carbocycles. The first-order chi connectivity index (χ1) is 20.9. The van der Waals surface area contributed by atoms with Crippen molar-refractivity contribution in [1.29, 1.82) is 0 Å². The summed E-state index contributed by atoms with van der Waals surface area (Å²) in [6, 6.07) is 14.8. The molecule has 10 nitrogen and oxygen atoms in total. The third-order valence-corrected chi connectivity index (χ3v) is 8.99. The van der Waals surface area contributed by atoms with Crippen molar-refractivity contribution in [3.63, 3.8) is 0 Å². The van der Waals surface area contributed by atoms with Gasteiger partial charge in [-0.1, -0.05) is 23.7 Å². The molecule has 0 bridgehead atoms. The summed E-state index contributed by atoms with van der Waals surface area (Å²) in [6.45, 7) is 6.46. The molecule has 1 aromatic heterocycles. The number of piperidine rings is 1. The molecule has 11 heteroatoms. The zero-order chi connectivity index (χ0) is 29.9. The van der Waals surface area contributed by atoms with Crippen LogP contribution in [0.1, 0.15) is 58.9 Å². The molecular formula is C32H36ClN5O5. The van der Waals surface area contributed by atoms with Gasteiger partial charge in [-0.2, -0.15) is 4.98 Å². The SMILES string of the molecule is Cc1nc(Oc2ccc(C(=O)O)cc2)ncc1CN1CCC(N2C(=O)N(C3CCOCC3)CC2c2cccc(Cl)c2)CC1. The predicted octanol–water partition coefficient (Wildman–Crippen LogP) is 5.55. The van der Waals surface area contributed by atoms with Crippen LogP contribution in [-0.2, 0) is 11.3 Å². The smallest absolute Gasteiger partial charge is 0.335 e. The Balaban J connectivity index is 1.09. The lowest BCUT2D eigenvalue weighted by Crippen LogP contribution is -2.48. The van der Waals surface area contributed by atoms with Crippen molar-refractivity contribution in [1.82, 2.24) is 24.7 Å². The van der Waals surface area contributed by atoms with Crippen molar-refractivity contribution in [2.24, 2.45) is 0 Å². The van der Waals surface area contributed by atoms with E-state index in [9.17, 15) is 9.59 Å². The summed E-state index contributed by atoms with van der Waals surface area (Å²) in [7, 11) is 0. The Kier molecular flexibility index (Phi) is 8.78. The number of halogens is 1. The number of benzene rings is 2. The molecule has 0 radical (unpaired) electrons. The molecule has 226 valence electrons. The molecule has 43 heavy (non-hydrogen) atoms. The number of hydrogen-bond donors (Lipinski definition) is 1.